The summed E-state index contributed by atoms with van der Waals surface area (Å²) in [4.78, 5) is 22.0. The fraction of sp³-hybridized carbons (Fsp3) is 0.462. The van der Waals surface area contributed by atoms with Crippen molar-refractivity contribution >= 4 is 17.1 Å². The molecule has 2 aromatic heterocycles. The van der Waals surface area contributed by atoms with Gasteiger partial charge in [0.25, 0.3) is 5.56 Å². The Bertz CT molecular complexity index is 809. The van der Waals surface area contributed by atoms with E-state index in [4.69, 9.17) is 21.6 Å². The SMILES string of the molecule is C#CCOCC1OC(n2cnc3c(=O)[nH]c(N)nc32)C(O)C1O. The van der Waals surface area contributed by atoms with Crippen LogP contribution in [-0.4, -0.2) is 61.3 Å². The van der Waals surface area contributed by atoms with E-state index in [1.807, 2.05) is 0 Å². The first kappa shape index (κ1) is 15.4. The van der Waals surface area contributed by atoms with Gasteiger partial charge in [-0.1, -0.05) is 5.92 Å². The molecule has 0 bridgehead atoms. The van der Waals surface area contributed by atoms with Gasteiger partial charge in [0.2, 0.25) is 5.95 Å². The molecule has 1 saturated heterocycles. The van der Waals surface area contributed by atoms with E-state index in [0.29, 0.717) is 0 Å². The number of aliphatic hydroxyl groups excluding tert-OH is 2. The number of nitrogens with zero attached hydrogens (tertiary/aromatic N) is 3. The Morgan fingerprint density at radius 3 is 3.04 bits per heavy atom. The molecule has 10 nitrogen and oxygen atoms in total. The molecule has 0 saturated carbocycles. The van der Waals surface area contributed by atoms with Crippen LogP contribution in [0.5, 0.6) is 0 Å². The van der Waals surface area contributed by atoms with E-state index in [9.17, 15) is 15.0 Å². The molecule has 10 heteroatoms. The second kappa shape index (κ2) is 5.98. The molecule has 3 rings (SSSR count). The monoisotopic (exact) mass is 321 g/mol. The molecule has 5 N–H and O–H groups in total. The molecule has 2 aromatic rings. The number of hydrogen-bond acceptors (Lipinski definition) is 8. The number of fused-ring (bicyclic) bond motifs is 1. The average molecular weight is 321 g/mol. The van der Waals surface area contributed by atoms with Crippen molar-refractivity contribution in [3.63, 3.8) is 0 Å². The predicted octanol–water partition coefficient (Wildman–Crippen LogP) is -2.03. The van der Waals surface area contributed by atoms with E-state index in [1.165, 1.54) is 10.9 Å². The van der Waals surface area contributed by atoms with E-state index in [2.05, 4.69) is 20.9 Å². The minimum absolute atomic E-state index is 0.0156. The molecule has 4 atom stereocenters. The molecular weight excluding hydrogens is 306 g/mol. The van der Waals surface area contributed by atoms with Gasteiger partial charge in [-0.2, -0.15) is 4.98 Å². The van der Waals surface area contributed by atoms with E-state index >= 15 is 0 Å². The lowest BCUT2D eigenvalue weighted by Gasteiger charge is -2.16. The zero-order chi connectivity index (χ0) is 16.6. The summed E-state index contributed by atoms with van der Waals surface area (Å²) in [6, 6.07) is 0. The van der Waals surface area contributed by atoms with Crippen LogP contribution in [0.3, 0.4) is 0 Å². The Morgan fingerprint density at radius 2 is 2.30 bits per heavy atom. The summed E-state index contributed by atoms with van der Waals surface area (Å²) in [5.41, 5.74) is 5.21. The first-order valence-electron chi connectivity index (χ1n) is 6.78. The average Bonchev–Trinajstić information content (AvgIpc) is 3.04. The maximum Gasteiger partial charge on any atom is 0.280 e. The Hall–Kier alpha value is -2.45. The largest absolute Gasteiger partial charge is 0.387 e. The maximum absolute atomic E-state index is 11.8. The van der Waals surface area contributed by atoms with Gasteiger partial charge >= 0.3 is 0 Å². The summed E-state index contributed by atoms with van der Waals surface area (Å²) in [6.07, 6.45) is 2.16. The van der Waals surface area contributed by atoms with Crippen molar-refractivity contribution in [1.82, 2.24) is 19.5 Å². The second-order valence-corrected chi connectivity index (χ2v) is 5.04. The van der Waals surface area contributed by atoms with Gasteiger partial charge in [0.15, 0.2) is 17.4 Å². The molecule has 4 unspecified atom stereocenters. The molecule has 0 radical (unpaired) electrons. The van der Waals surface area contributed by atoms with Crippen molar-refractivity contribution in [1.29, 1.82) is 0 Å². The number of imidazole rings is 1. The number of terminal acetylenes is 1. The number of anilines is 1. The van der Waals surface area contributed by atoms with Crippen molar-refractivity contribution in [3.8, 4) is 12.3 Å². The quantitative estimate of drug-likeness (QED) is 0.372. The fourth-order valence-corrected chi connectivity index (χ4v) is 2.46. The molecular formula is C13H15N5O5. The lowest BCUT2D eigenvalue weighted by atomic mass is 10.1. The van der Waals surface area contributed by atoms with E-state index in [0.717, 1.165) is 0 Å². The summed E-state index contributed by atoms with van der Waals surface area (Å²) in [5, 5.41) is 20.2. The van der Waals surface area contributed by atoms with Crippen LogP contribution in [0.15, 0.2) is 11.1 Å². The number of nitrogens with one attached hydrogen (secondary N) is 1. The highest BCUT2D eigenvalue weighted by molar-refractivity contribution is 5.70. The highest BCUT2D eigenvalue weighted by Gasteiger charge is 2.44. The summed E-state index contributed by atoms with van der Waals surface area (Å²) >= 11 is 0. The van der Waals surface area contributed by atoms with Gasteiger partial charge in [-0.3, -0.25) is 14.3 Å². The minimum Gasteiger partial charge on any atom is -0.387 e. The standard InChI is InChI=1S/C13H15N5O5/c1-2-3-22-4-6-8(19)9(20)12(23-6)18-5-15-7-10(18)16-13(14)17-11(7)21/h1,5-6,8-9,12,19-20H,3-4H2,(H3,14,16,17,21). The summed E-state index contributed by atoms with van der Waals surface area (Å²) in [6.45, 7) is 0.0799. The highest BCUT2D eigenvalue weighted by Crippen LogP contribution is 2.31. The number of nitrogen functional groups attached to an aromatic ring is 1. The van der Waals surface area contributed by atoms with Gasteiger partial charge in [-0.25, -0.2) is 4.98 Å². The van der Waals surface area contributed by atoms with Crippen molar-refractivity contribution < 1.29 is 19.7 Å². The number of H-pyrrole nitrogens is 1. The zero-order valence-electron chi connectivity index (χ0n) is 11.9. The fourth-order valence-electron chi connectivity index (χ4n) is 2.46. The van der Waals surface area contributed by atoms with Crippen molar-refractivity contribution in [2.24, 2.45) is 0 Å². The minimum atomic E-state index is -1.26. The van der Waals surface area contributed by atoms with Crippen LogP contribution < -0.4 is 11.3 Å². The molecule has 1 aliphatic heterocycles. The van der Waals surface area contributed by atoms with Crippen molar-refractivity contribution in [2.45, 2.75) is 24.5 Å². The van der Waals surface area contributed by atoms with Crippen LogP contribution in [0.25, 0.3) is 11.2 Å². The van der Waals surface area contributed by atoms with Gasteiger partial charge in [0.1, 0.15) is 24.9 Å². The van der Waals surface area contributed by atoms with Crippen LogP contribution in [-0.2, 0) is 9.47 Å². The van der Waals surface area contributed by atoms with Crippen LogP contribution in [0.1, 0.15) is 6.23 Å². The number of rotatable bonds is 4. The van der Waals surface area contributed by atoms with Gasteiger partial charge in [-0.15, -0.1) is 6.42 Å². The lowest BCUT2D eigenvalue weighted by Crippen LogP contribution is -2.33. The number of ether oxygens (including phenoxy) is 2. The van der Waals surface area contributed by atoms with Crippen LogP contribution in [0.2, 0.25) is 0 Å². The summed E-state index contributed by atoms with van der Waals surface area (Å²) in [5.74, 6) is 2.20. The highest BCUT2D eigenvalue weighted by atomic mass is 16.6. The van der Waals surface area contributed by atoms with Crippen LogP contribution in [0.4, 0.5) is 5.95 Å². The second-order valence-electron chi connectivity index (χ2n) is 5.04. The molecule has 0 spiro atoms. The Kier molecular flexibility index (Phi) is 4.01. The Balaban J connectivity index is 1.90. The molecule has 1 fully saturated rings. The first-order chi connectivity index (χ1) is 11.0. The third-order valence-corrected chi connectivity index (χ3v) is 3.53. The van der Waals surface area contributed by atoms with Crippen LogP contribution >= 0.6 is 0 Å². The molecule has 122 valence electrons. The van der Waals surface area contributed by atoms with Gasteiger partial charge < -0.3 is 25.4 Å². The normalized spacial score (nSPS) is 27.3. The summed E-state index contributed by atoms with van der Waals surface area (Å²) < 4.78 is 12.1. The number of hydrogen-bond donors (Lipinski definition) is 4. The van der Waals surface area contributed by atoms with Crippen molar-refractivity contribution in [2.75, 3.05) is 18.9 Å². The Morgan fingerprint density at radius 1 is 1.52 bits per heavy atom. The Labute approximate surface area is 129 Å². The van der Waals surface area contributed by atoms with E-state index in [-0.39, 0.29) is 30.3 Å². The van der Waals surface area contributed by atoms with Crippen molar-refractivity contribution in [3.05, 3.63) is 16.7 Å². The molecule has 3 heterocycles. The van der Waals surface area contributed by atoms with E-state index in [1.54, 1.807) is 0 Å². The topological polar surface area (TPSA) is 149 Å². The molecule has 0 amide bonds. The molecule has 1 aliphatic rings. The van der Waals surface area contributed by atoms with Gasteiger partial charge in [-0.05, 0) is 0 Å². The van der Waals surface area contributed by atoms with Gasteiger partial charge in [0, 0.05) is 0 Å². The third kappa shape index (κ3) is 2.66. The number of aliphatic hydroxyl groups is 2. The number of nitrogens with two attached hydrogens (primary N) is 1. The number of aromatic amines is 1. The lowest BCUT2D eigenvalue weighted by molar-refractivity contribution is -0.0614. The van der Waals surface area contributed by atoms with E-state index < -0.39 is 30.1 Å². The molecule has 0 aliphatic carbocycles. The first-order valence-corrected chi connectivity index (χ1v) is 6.78. The summed E-state index contributed by atoms with van der Waals surface area (Å²) in [7, 11) is 0. The zero-order valence-corrected chi connectivity index (χ0v) is 11.9. The third-order valence-electron chi connectivity index (χ3n) is 3.53. The van der Waals surface area contributed by atoms with Crippen LogP contribution in [0, 0.1) is 12.3 Å². The smallest absolute Gasteiger partial charge is 0.280 e. The molecule has 23 heavy (non-hydrogen) atoms. The maximum atomic E-state index is 11.8. The molecule has 0 aromatic carbocycles. The predicted molar refractivity (Wildman–Crippen MR) is 78.1 cm³/mol. The number of aromatic nitrogens is 4. The van der Waals surface area contributed by atoms with Gasteiger partial charge in [0.05, 0.1) is 12.9 Å².